The zero-order valence-corrected chi connectivity index (χ0v) is 17.3. The molecule has 0 atom stereocenters. The second kappa shape index (κ2) is 9.40. The predicted molar refractivity (Wildman–Crippen MR) is 113 cm³/mol. The molecule has 0 fully saturated rings. The minimum absolute atomic E-state index is 0.136. The maximum atomic E-state index is 12.7. The van der Waals surface area contributed by atoms with Crippen molar-refractivity contribution in [3.8, 4) is 0 Å². The predicted octanol–water partition coefficient (Wildman–Crippen LogP) is 3.21. The fraction of sp³-hybridized carbons (Fsp3) is 0.222. The van der Waals surface area contributed by atoms with Gasteiger partial charge in [0, 0.05) is 37.4 Å². The minimum atomic E-state index is -0.928. The van der Waals surface area contributed by atoms with Gasteiger partial charge in [-0.25, -0.2) is 0 Å². The van der Waals surface area contributed by atoms with E-state index >= 15 is 0 Å². The zero-order chi connectivity index (χ0) is 23.4. The van der Waals surface area contributed by atoms with E-state index in [0.29, 0.717) is 16.8 Å². The fourth-order valence-corrected chi connectivity index (χ4v) is 3.95. The number of aromatic nitrogens is 1. The number of carbonyl (C=O) groups is 1. The lowest BCUT2D eigenvalue weighted by molar-refractivity contribution is -0.394. The van der Waals surface area contributed by atoms with Crippen LogP contribution in [0.1, 0.15) is 17.3 Å². The summed E-state index contributed by atoms with van der Waals surface area (Å²) >= 11 is 1.01. The van der Waals surface area contributed by atoms with Crippen molar-refractivity contribution in [1.82, 2.24) is 4.57 Å². The Labute approximate surface area is 182 Å². The average molecular weight is 461 g/mol. The van der Waals surface area contributed by atoms with Gasteiger partial charge in [-0.2, -0.15) is 4.99 Å². The summed E-state index contributed by atoms with van der Waals surface area (Å²) in [5.41, 5.74) is -1.12. The number of nitro benzene ring substituents is 3. The number of benzene rings is 2. The van der Waals surface area contributed by atoms with Gasteiger partial charge in [-0.15, -0.1) is 0 Å². The fourth-order valence-electron chi connectivity index (χ4n) is 2.86. The van der Waals surface area contributed by atoms with Gasteiger partial charge in [0.1, 0.15) is 0 Å². The molecule has 3 aromatic rings. The molecule has 1 amide bonds. The SMILES string of the molecule is CCOCCn1c(=NC(=O)c2cc([N+](=O)[O-])cc([N+](=O)[O-])c2)sc2cc([N+](=O)[O-])ccc21. The van der Waals surface area contributed by atoms with Gasteiger partial charge < -0.3 is 9.30 Å². The number of amides is 1. The number of fused-ring (bicyclic) bond motifs is 1. The maximum Gasteiger partial charge on any atom is 0.280 e. The number of thiazole rings is 1. The number of non-ortho nitro benzene ring substituents is 3. The number of nitrogens with zero attached hydrogens (tertiary/aromatic N) is 5. The van der Waals surface area contributed by atoms with Crippen LogP contribution in [0.3, 0.4) is 0 Å². The summed E-state index contributed by atoms with van der Waals surface area (Å²) in [6.07, 6.45) is 0. The monoisotopic (exact) mass is 461 g/mol. The minimum Gasteiger partial charge on any atom is -0.380 e. The number of ether oxygens (including phenoxy) is 1. The first-order chi connectivity index (χ1) is 15.2. The van der Waals surface area contributed by atoms with Crippen LogP contribution in [0.15, 0.2) is 41.4 Å². The summed E-state index contributed by atoms with van der Waals surface area (Å²) in [6.45, 7) is 2.83. The Kier molecular flexibility index (Phi) is 6.65. The molecule has 0 radical (unpaired) electrons. The van der Waals surface area contributed by atoms with Crippen molar-refractivity contribution in [2.24, 2.45) is 4.99 Å². The van der Waals surface area contributed by atoms with Crippen LogP contribution in [0.25, 0.3) is 10.2 Å². The lowest BCUT2D eigenvalue weighted by atomic mass is 10.1. The van der Waals surface area contributed by atoms with Crippen LogP contribution < -0.4 is 4.80 Å². The van der Waals surface area contributed by atoms with E-state index in [2.05, 4.69) is 4.99 Å². The van der Waals surface area contributed by atoms with Crippen molar-refractivity contribution in [1.29, 1.82) is 0 Å². The first-order valence-corrected chi connectivity index (χ1v) is 9.91. The van der Waals surface area contributed by atoms with Crippen LogP contribution in [0.4, 0.5) is 17.1 Å². The van der Waals surface area contributed by atoms with E-state index in [1.54, 1.807) is 4.57 Å². The molecule has 0 N–H and O–H groups in total. The number of hydrogen-bond donors (Lipinski definition) is 0. The zero-order valence-electron chi connectivity index (χ0n) is 16.5. The van der Waals surface area contributed by atoms with Gasteiger partial charge >= 0.3 is 0 Å². The first-order valence-electron chi connectivity index (χ1n) is 9.09. The third-order valence-electron chi connectivity index (χ3n) is 4.31. The summed E-state index contributed by atoms with van der Waals surface area (Å²) in [6, 6.07) is 6.75. The average Bonchev–Trinajstić information content (AvgIpc) is 3.09. The van der Waals surface area contributed by atoms with Crippen molar-refractivity contribution < 1.29 is 24.3 Å². The van der Waals surface area contributed by atoms with Crippen LogP contribution in [-0.4, -0.2) is 38.5 Å². The van der Waals surface area contributed by atoms with Crippen molar-refractivity contribution in [3.63, 3.8) is 0 Å². The molecule has 14 heteroatoms. The Morgan fingerprint density at radius 3 is 2.19 bits per heavy atom. The third-order valence-corrected chi connectivity index (χ3v) is 5.35. The highest BCUT2D eigenvalue weighted by Crippen LogP contribution is 2.25. The van der Waals surface area contributed by atoms with Crippen LogP contribution in [0.2, 0.25) is 0 Å². The highest BCUT2D eigenvalue weighted by molar-refractivity contribution is 7.16. The number of rotatable bonds is 8. The molecule has 13 nitrogen and oxygen atoms in total. The molecule has 3 rings (SSSR count). The summed E-state index contributed by atoms with van der Waals surface area (Å²) in [7, 11) is 0. The number of hydrogen-bond acceptors (Lipinski definition) is 9. The normalized spacial score (nSPS) is 11.6. The molecule has 0 spiro atoms. The Morgan fingerprint density at radius 2 is 1.62 bits per heavy atom. The largest absolute Gasteiger partial charge is 0.380 e. The number of nitro groups is 3. The lowest BCUT2D eigenvalue weighted by Crippen LogP contribution is -2.19. The summed E-state index contributed by atoms with van der Waals surface area (Å²) < 4.78 is 7.47. The topological polar surface area (TPSA) is 173 Å². The van der Waals surface area contributed by atoms with Gasteiger partial charge in [0.2, 0.25) is 0 Å². The molecule has 1 aromatic heterocycles. The molecule has 0 saturated heterocycles. The summed E-state index contributed by atoms with van der Waals surface area (Å²) in [5, 5.41) is 33.2. The Balaban J connectivity index is 2.14. The van der Waals surface area contributed by atoms with E-state index in [1.807, 2.05) is 6.92 Å². The highest BCUT2D eigenvalue weighted by atomic mass is 32.1. The van der Waals surface area contributed by atoms with E-state index in [1.165, 1.54) is 18.2 Å². The quantitative estimate of drug-likeness (QED) is 0.279. The van der Waals surface area contributed by atoms with Crippen LogP contribution in [0, 0.1) is 30.3 Å². The van der Waals surface area contributed by atoms with Crippen LogP contribution >= 0.6 is 11.3 Å². The molecule has 0 aliphatic carbocycles. The van der Waals surface area contributed by atoms with Crippen LogP contribution in [0.5, 0.6) is 0 Å². The van der Waals surface area contributed by atoms with Crippen molar-refractivity contribution >= 4 is 44.5 Å². The van der Waals surface area contributed by atoms with Gasteiger partial charge in [-0.3, -0.25) is 35.1 Å². The standard InChI is InChI=1S/C18H15N5O8S/c1-2-31-6-5-20-15-4-3-12(21(25)26)10-16(15)32-18(20)19-17(24)11-7-13(22(27)28)9-14(8-11)23(29)30/h3-4,7-10H,2,5-6H2,1H3. The molecule has 2 aromatic carbocycles. The Morgan fingerprint density at radius 1 is 1.00 bits per heavy atom. The third kappa shape index (κ3) is 4.81. The van der Waals surface area contributed by atoms with E-state index in [4.69, 9.17) is 4.74 Å². The van der Waals surface area contributed by atoms with Gasteiger partial charge in [0.15, 0.2) is 4.80 Å². The molecular weight excluding hydrogens is 446 g/mol. The second-order valence-electron chi connectivity index (χ2n) is 6.31. The van der Waals surface area contributed by atoms with Gasteiger partial charge in [0.05, 0.1) is 43.2 Å². The van der Waals surface area contributed by atoms with Gasteiger partial charge in [0.25, 0.3) is 23.0 Å². The molecular formula is C18H15N5O8S. The lowest BCUT2D eigenvalue weighted by Gasteiger charge is -2.05. The van der Waals surface area contributed by atoms with Gasteiger partial charge in [-0.05, 0) is 13.0 Å². The smallest absolute Gasteiger partial charge is 0.280 e. The van der Waals surface area contributed by atoms with E-state index in [9.17, 15) is 35.1 Å². The first kappa shape index (κ1) is 22.6. The molecule has 1 heterocycles. The Hall–Kier alpha value is -4.04. The highest BCUT2D eigenvalue weighted by Gasteiger charge is 2.20. The second-order valence-corrected chi connectivity index (χ2v) is 7.32. The van der Waals surface area contributed by atoms with Crippen LogP contribution in [-0.2, 0) is 11.3 Å². The summed E-state index contributed by atoms with van der Waals surface area (Å²) in [5.74, 6) is -0.928. The maximum absolute atomic E-state index is 12.7. The molecule has 166 valence electrons. The Bertz CT molecular complexity index is 1280. The van der Waals surface area contributed by atoms with Gasteiger partial charge in [-0.1, -0.05) is 11.3 Å². The van der Waals surface area contributed by atoms with Crippen molar-refractivity contribution in [2.75, 3.05) is 13.2 Å². The molecule has 32 heavy (non-hydrogen) atoms. The molecule has 0 bridgehead atoms. The van der Waals surface area contributed by atoms with E-state index in [0.717, 1.165) is 29.5 Å². The summed E-state index contributed by atoms with van der Waals surface area (Å²) in [4.78, 5) is 47.9. The van der Waals surface area contributed by atoms with E-state index < -0.39 is 32.1 Å². The van der Waals surface area contributed by atoms with Crippen molar-refractivity contribution in [3.05, 3.63) is 77.1 Å². The number of carbonyl (C=O) groups excluding carboxylic acids is 1. The molecule has 0 unspecified atom stereocenters. The van der Waals surface area contributed by atoms with Crippen molar-refractivity contribution in [2.45, 2.75) is 13.5 Å². The van der Waals surface area contributed by atoms with E-state index in [-0.39, 0.29) is 29.2 Å². The molecule has 0 aliphatic rings. The molecule has 0 saturated carbocycles. The molecule has 0 aliphatic heterocycles.